The molecule has 0 spiro atoms. The molecule has 8 heteroatoms. The second-order valence-electron chi connectivity index (χ2n) is 23.2. The Hall–Kier alpha value is -1.74. The number of hydrogen-bond donors (Lipinski definition) is 0. The summed E-state index contributed by atoms with van der Waals surface area (Å²) in [5, 5.41) is 0. The minimum absolute atomic E-state index is 0.0584. The molecule has 0 amide bonds. The van der Waals surface area contributed by atoms with Gasteiger partial charge < -0.3 is 28.6 Å². The number of fused-ring (bicyclic) bond motifs is 5. The third-order valence-electron chi connectivity index (χ3n) is 17.7. The number of carbonyl (C=O) groups excluding carboxylic acids is 2. The first-order valence-corrected chi connectivity index (χ1v) is 28.7. The predicted octanol–water partition coefficient (Wildman–Crippen LogP) is 14.4. The Labute approximate surface area is 411 Å². The van der Waals surface area contributed by atoms with Gasteiger partial charge in [-0.2, -0.15) is 0 Å². The SMILES string of the molecule is CCCCCCCC/C=C\CCCCCCCCOCC(CN1CCCCC1)OCCOC(=O)COCC(=O)O[C@H]1CC[C@@]2(C)C(=CC[C@H]3[C@@H]4CC[C@H]([C@H](C)CCCC(C)C)[C@@]4(C)CC[C@@H]32)C1. The topological polar surface area (TPSA) is 83.5 Å². The summed E-state index contributed by atoms with van der Waals surface area (Å²) in [6, 6.07) is 0. The number of esters is 2. The molecule has 1 heterocycles. The van der Waals surface area contributed by atoms with Crippen molar-refractivity contribution in [1.29, 1.82) is 0 Å². The molecule has 8 nitrogen and oxygen atoms in total. The zero-order valence-corrected chi connectivity index (χ0v) is 44.3. The Balaban J connectivity index is 0.905. The summed E-state index contributed by atoms with van der Waals surface area (Å²) in [4.78, 5) is 27.9. The van der Waals surface area contributed by atoms with Gasteiger partial charge in [-0.1, -0.05) is 149 Å². The molecule has 4 fully saturated rings. The fourth-order valence-electron chi connectivity index (χ4n) is 13.9. The van der Waals surface area contributed by atoms with Crippen molar-refractivity contribution in [1.82, 2.24) is 4.90 Å². The summed E-state index contributed by atoms with van der Waals surface area (Å²) in [5.74, 6) is 3.98. The van der Waals surface area contributed by atoms with Crippen LogP contribution in [0.2, 0.25) is 0 Å². The zero-order valence-electron chi connectivity index (χ0n) is 44.3. The molecule has 3 saturated carbocycles. The van der Waals surface area contributed by atoms with Crippen molar-refractivity contribution in [2.45, 2.75) is 234 Å². The number of nitrogens with zero attached hydrogens (tertiary/aromatic N) is 1. The molecule has 0 aromatic heterocycles. The molecule has 0 bridgehead atoms. The standard InChI is InChI=1S/C59H103NO7/c1-7-8-9-10-11-12-13-14-15-16-17-18-19-20-21-25-39-63-44-51(43-60-37-23-22-24-38-60)65-40-41-66-56(61)45-64-46-57(62)67-50-33-35-58(5)49(42-50)29-30-52-54-32-31-53(48(4)28-26-27-47(2)3)59(54,6)36-34-55(52)58/h14-15,29,47-48,50-55H,7-13,16-28,30-46H2,1-6H3/b15-14-/t48-,50+,51?,52+,53-,54+,55+,58+,59-/m1/s1. The predicted molar refractivity (Wildman–Crippen MR) is 275 cm³/mol. The average molecular weight is 938 g/mol. The molecule has 4 aliphatic carbocycles. The molecule has 386 valence electrons. The highest BCUT2D eigenvalue weighted by Gasteiger charge is 2.59. The maximum absolute atomic E-state index is 12.9. The van der Waals surface area contributed by atoms with E-state index in [1.165, 1.54) is 160 Å². The Morgan fingerprint density at radius 2 is 1.43 bits per heavy atom. The largest absolute Gasteiger partial charge is 0.462 e. The minimum atomic E-state index is -0.492. The van der Waals surface area contributed by atoms with Crippen LogP contribution in [0.5, 0.6) is 0 Å². The van der Waals surface area contributed by atoms with Gasteiger partial charge in [0.2, 0.25) is 0 Å². The van der Waals surface area contributed by atoms with Gasteiger partial charge in [0, 0.05) is 19.6 Å². The highest BCUT2D eigenvalue weighted by molar-refractivity contribution is 5.73. The van der Waals surface area contributed by atoms with E-state index in [-0.39, 0.29) is 37.4 Å². The summed E-state index contributed by atoms with van der Waals surface area (Å²) in [7, 11) is 0. The van der Waals surface area contributed by atoms with Crippen LogP contribution in [-0.4, -0.2) is 88.3 Å². The Bertz CT molecular complexity index is 1440. The van der Waals surface area contributed by atoms with Gasteiger partial charge in [0.15, 0.2) is 0 Å². The van der Waals surface area contributed by atoms with Crippen molar-refractivity contribution in [3.05, 3.63) is 23.8 Å². The molecule has 5 rings (SSSR count). The summed E-state index contributed by atoms with van der Waals surface area (Å²) < 4.78 is 29.2. The van der Waals surface area contributed by atoms with Crippen LogP contribution in [0.1, 0.15) is 221 Å². The quantitative estimate of drug-likeness (QED) is 0.0358. The van der Waals surface area contributed by atoms with Crippen molar-refractivity contribution in [2.75, 3.05) is 59.3 Å². The van der Waals surface area contributed by atoms with Crippen molar-refractivity contribution in [3.8, 4) is 0 Å². The zero-order chi connectivity index (χ0) is 47.7. The normalized spacial score (nSPS) is 28.5. The third-order valence-corrected chi connectivity index (χ3v) is 17.7. The van der Waals surface area contributed by atoms with Gasteiger partial charge in [0.25, 0.3) is 0 Å². The van der Waals surface area contributed by atoms with E-state index in [4.69, 9.17) is 23.7 Å². The number of likely N-dealkylation sites (tertiary alicyclic amines) is 1. The van der Waals surface area contributed by atoms with Crippen LogP contribution in [-0.2, 0) is 33.3 Å². The van der Waals surface area contributed by atoms with Gasteiger partial charge in [0.1, 0.15) is 25.9 Å². The van der Waals surface area contributed by atoms with E-state index in [0.29, 0.717) is 18.6 Å². The molecule has 0 radical (unpaired) electrons. The lowest BCUT2D eigenvalue weighted by Gasteiger charge is -2.58. The molecule has 9 atom stereocenters. The highest BCUT2D eigenvalue weighted by Crippen LogP contribution is 2.67. The van der Waals surface area contributed by atoms with E-state index >= 15 is 0 Å². The number of carbonyl (C=O) groups is 2. The second-order valence-corrected chi connectivity index (χ2v) is 23.2. The maximum Gasteiger partial charge on any atom is 0.332 e. The first-order valence-electron chi connectivity index (χ1n) is 28.7. The third kappa shape index (κ3) is 18.8. The van der Waals surface area contributed by atoms with Crippen molar-refractivity contribution >= 4 is 11.9 Å². The number of ether oxygens (including phenoxy) is 5. The molecular formula is C59H103NO7. The molecule has 5 aliphatic rings. The fourth-order valence-corrected chi connectivity index (χ4v) is 13.9. The first-order chi connectivity index (χ1) is 32.5. The average Bonchev–Trinajstić information content (AvgIpc) is 3.67. The molecule has 0 aromatic carbocycles. The van der Waals surface area contributed by atoms with Crippen LogP contribution < -0.4 is 0 Å². The number of unbranched alkanes of at least 4 members (excludes halogenated alkanes) is 12. The van der Waals surface area contributed by atoms with E-state index < -0.39 is 11.9 Å². The first kappa shape index (κ1) is 56.2. The summed E-state index contributed by atoms with van der Waals surface area (Å²) in [6.45, 7) is 19.0. The van der Waals surface area contributed by atoms with Crippen LogP contribution in [0, 0.1) is 46.3 Å². The summed E-state index contributed by atoms with van der Waals surface area (Å²) in [6.07, 6.45) is 42.8. The lowest BCUT2D eigenvalue weighted by atomic mass is 9.47. The monoisotopic (exact) mass is 938 g/mol. The van der Waals surface area contributed by atoms with E-state index in [0.717, 1.165) is 87.4 Å². The molecule has 0 aromatic rings. The van der Waals surface area contributed by atoms with Gasteiger partial charge in [-0.15, -0.1) is 0 Å². The van der Waals surface area contributed by atoms with Gasteiger partial charge in [-0.3, -0.25) is 0 Å². The minimum Gasteiger partial charge on any atom is -0.462 e. The van der Waals surface area contributed by atoms with E-state index in [2.05, 4.69) is 64.7 Å². The van der Waals surface area contributed by atoms with Crippen LogP contribution in [0.3, 0.4) is 0 Å². The lowest BCUT2D eigenvalue weighted by Crippen LogP contribution is -2.51. The Morgan fingerprint density at radius 1 is 0.731 bits per heavy atom. The molecular weight excluding hydrogens is 835 g/mol. The molecule has 1 aliphatic heterocycles. The van der Waals surface area contributed by atoms with Crippen LogP contribution in [0.25, 0.3) is 0 Å². The fraction of sp³-hybridized carbons (Fsp3) is 0.898. The van der Waals surface area contributed by atoms with E-state index in [9.17, 15) is 9.59 Å². The van der Waals surface area contributed by atoms with Crippen LogP contribution in [0.4, 0.5) is 0 Å². The van der Waals surface area contributed by atoms with Gasteiger partial charge in [-0.05, 0) is 149 Å². The van der Waals surface area contributed by atoms with Crippen molar-refractivity contribution < 1.29 is 33.3 Å². The number of hydrogen-bond acceptors (Lipinski definition) is 8. The molecule has 1 saturated heterocycles. The Kier molecular flexibility index (Phi) is 25.9. The second kappa shape index (κ2) is 30.9. The van der Waals surface area contributed by atoms with Crippen LogP contribution >= 0.6 is 0 Å². The maximum atomic E-state index is 12.9. The van der Waals surface area contributed by atoms with Gasteiger partial charge in [-0.25, -0.2) is 9.59 Å². The number of piperidine rings is 1. The molecule has 0 N–H and O–H groups in total. The molecule has 1 unspecified atom stereocenters. The molecule has 67 heavy (non-hydrogen) atoms. The van der Waals surface area contributed by atoms with E-state index in [1.54, 1.807) is 0 Å². The van der Waals surface area contributed by atoms with Crippen molar-refractivity contribution in [3.63, 3.8) is 0 Å². The smallest absolute Gasteiger partial charge is 0.332 e. The lowest BCUT2D eigenvalue weighted by molar-refractivity contribution is -0.161. The number of allylic oxidation sites excluding steroid dienone is 3. The summed E-state index contributed by atoms with van der Waals surface area (Å²) >= 11 is 0. The van der Waals surface area contributed by atoms with E-state index in [1.807, 2.05) is 0 Å². The van der Waals surface area contributed by atoms with Gasteiger partial charge >= 0.3 is 11.9 Å². The Morgan fingerprint density at radius 3 is 2.16 bits per heavy atom. The van der Waals surface area contributed by atoms with Crippen molar-refractivity contribution in [2.24, 2.45) is 46.3 Å². The number of rotatable bonds is 34. The highest BCUT2D eigenvalue weighted by atomic mass is 16.6. The van der Waals surface area contributed by atoms with Crippen LogP contribution in [0.15, 0.2) is 23.8 Å². The van der Waals surface area contributed by atoms with Gasteiger partial charge in [0.05, 0.1) is 19.3 Å². The summed E-state index contributed by atoms with van der Waals surface area (Å²) in [5.41, 5.74) is 2.22.